The molecule has 4 rings (SSSR count). The van der Waals surface area contributed by atoms with E-state index in [1.807, 2.05) is 42.5 Å². The molecule has 0 atom stereocenters. The van der Waals surface area contributed by atoms with Crippen molar-refractivity contribution >= 4 is 35.4 Å². The van der Waals surface area contributed by atoms with E-state index in [0.717, 1.165) is 55.5 Å². The van der Waals surface area contributed by atoms with Crippen molar-refractivity contribution in [2.45, 2.75) is 19.4 Å². The van der Waals surface area contributed by atoms with Crippen molar-refractivity contribution in [2.24, 2.45) is 10.7 Å². The second-order valence-corrected chi connectivity index (χ2v) is 8.63. The molecule has 2 aromatic carbocycles. The van der Waals surface area contributed by atoms with E-state index in [2.05, 4.69) is 42.7 Å². The number of carbonyl (C=O) groups excluding carboxylic acids is 2. The summed E-state index contributed by atoms with van der Waals surface area (Å²) >= 11 is 0. The third-order valence-corrected chi connectivity index (χ3v) is 5.78. The number of piperazine rings is 1. The molecule has 0 unspecified atom stereocenters. The number of benzene rings is 2. The number of amides is 3. The van der Waals surface area contributed by atoms with E-state index in [4.69, 9.17) is 10.8 Å². The van der Waals surface area contributed by atoms with Crippen LogP contribution in [-0.2, 0) is 16.1 Å². The standard InChI is InChI=1S/C18H26N6O3.C8H9NO2/c25-16(26)5-8-21-18(27)24-11-9-23(10-12-24)15-4-1-3-14(13-15)22-17-19-6-2-7-20-17;9-8(10)11-6-7-4-2-1-3-5-7/h1,3-4,13H,2,5-12H2,(H,21,27)(H,25,26)(H2,19,20,22);1-5H,6H2,(H2,9,10). The average molecular weight is 526 g/mol. The van der Waals surface area contributed by atoms with Crippen molar-refractivity contribution in [3.63, 3.8) is 0 Å². The Hall–Kier alpha value is -4.48. The molecule has 1 fully saturated rings. The number of carboxylic acid groups (broad SMARTS) is 1. The Bertz CT molecular complexity index is 1090. The Balaban J connectivity index is 0.000000304. The Morgan fingerprint density at radius 1 is 1.05 bits per heavy atom. The first-order valence-electron chi connectivity index (χ1n) is 12.5. The summed E-state index contributed by atoms with van der Waals surface area (Å²) in [6.07, 6.45) is 0.249. The molecule has 12 heteroatoms. The number of rotatable bonds is 7. The number of aliphatic carboxylic acids is 1. The lowest BCUT2D eigenvalue weighted by molar-refractivity contribution is -0.136. The molecule has 0 saturated carbocycles. The molecule has 2 heterocycles. The second kappa shape index (κ2) is 14.9. The van der Waals surface area contributed by atoms with Gasteiger partial charge in [0.2, 0.25) is 0 Å². The zero-order valence-electron chi connectivity index (χ0n) is 21.3. The molecule has 2 aliphatic heterocycles. The predicted molar refractivity (Wildman–Crippen MR) is 145 cm³/mol. The highest BCUT2D eigenvalue weighted by Crippen LogP contribution is 2.21. The zero-order valence-corrected chi connectivity index (χ0v) is 21.3. The first kappa shape index (κ1) is 28.1. The number of urea groups is 1. The Morgan fingerprint density at radius 2 is 1.82 bits per heavy atom. The number of carbonyl (C=O) groups is 3. The number of guanidine groups is 1. The third kappa shape index (κ3) is 9.88. The quantitative estimate of drug-likeness (QED) is 0.367. The minimum Gasteiger partial charge on any atom is -0.481 e. The third-order valence-electron chi connectivity index (χ3n) is 5.78. The number of nitrogens with one attached hydrogen (secondary N) is 3. The largest absolute Gasteiger partial charge is 0.481 e. The lowest BCUT2D eigenvalue weighted by Gasteiger charge is -2.36. The summed E-state index contributed by atoms with van der Waals surface area (Å²) in [4.78, 5) is 41.2. The molecule has 204 valence electrons. The highest BCUT2D eigenvalue weighted by molar-refractivity contribution is 5.94. The van der Waals surface area contributed by atoms with E-state index in [1.54, 1.807) is 4.90 Å². The van der Waals surface area contributed by atoms with Gasteiger partial charge in [0.05, 0.1) is 6.42 Å². The van der Waals surface area contributed by atoms with Gasteiger partial charge in [0, 0.05) is 57.2 Å². The van der Waals surface area contributed by atoms with Gasteiger partial charge in [0.15, 0.2) is 5.96 Å². The number of ether oxygens (including phenoxy) is 1. The summed E-state index contributed by atoms with van der Waals surface area (Å²) in [6, 6.07) is 17.3. The van der Waals surface area contributed by atoms with Crippen molar-refractivity contribution < 1.29 is 24.2 Å². The van der Waals surface area contributed by atoms with Gasteiger partial charge in [-0.15, -0.1) is 0 Å². The van der Waals surface area contributed by atoms with Crippen LogP contribution in [0.2, 0.25) is 0 Å². The molecule has 3 amide bonds. The van der Waals surface area contributed by atoms with E-state index in [9.17, 15) is 14.4 Å². The van der Waals surface area contributed by atoms with Crippen LogP contribution in [0, 0.1) is 0 Å². The van der Waals surface area contributed by atoms with Crippen molar-refractivity contribution in [3.05, 3.63) is 60.2 Å². The van der Waals surface area contributed by atoms with Crippen LogP contribution in [0.5, 0.6) is 0 Å². The normalized spacial score (nSPS) is 14.7. The van der Waals surface area contributed by atoms with E-state index >= 15 is 0 Å². The van der Waals surface area contributed by atoms with Crippen molar-refractivity contribution in [3.8, 4) is 0 Å². The van der Waals surface area contributed by atoms with Crippen LogP contribution in [-0.4, -0.2) is 79.9 Å². The smallest absolute Gasteiger partial charge is 0.404 e. The van der Waals surface area contributed by atoms with Crippen LogP contribution in [0.25, 0.3) is 0 Å². The number of hydrogen-bond acceptors (Lipinski definition) is 8. The van der Waals surface area contributed by atoms with Crippen LogP contribution in [0.4, 0.5) is 21.0 Å². The first-order valence-corrected chi connectivity index (χ1v) is 12.5. The second-order valence-electron chi connectivity index (χ2n) is 8.63. The van der Waals surface area contributed by atoms with Gasteiger partial charge in [0.25, 0.3) is 0 Å². The molecule has 2 aromatic rings. The summed E-state index contributed by atoms with van der Waals surface area (Å²) in [5, 5.41) is 17.8. The average Bonchev–Trinajstić information content (AvgIpc) is 2.93. The maximum Gasteiger partial charge on any atom is 0.404 e. The molecule has 1 saturated heterocycles. The number of anilines is 2. The van der Waals surface area contributed by atoms with Crippen molar-refractivity contribution in [2.75, 3.05) is 56.0 Å². The first-order chi connectivity index (χ1) is 18.4. The van der Waals surface area contributed by atoms with Crippen molar-refractivity contribution in [1.29, 1.82) is 0 Å². The number of primary amides is 1. The predicted octanol–water partition coefficient (Wildman–Crippen LogP) is 2.04. The molecular weight excluding hydrogens is 490 g/mol. The van der Waals surface area contributed by atoms with Crippen LogP contribution in [0.1, 0.15) is 18.4 Å². The lowest BCUT2D eigenvalue weighted by Crippen LogP contribution is -2.52. The molecule has 0 radical (unpaired) electrons. The Morgan fingerprint density at radius 3 is 2.47 bits per heavy atom. The fourth-order valence-electron chi connectivity index (χ4n) is 3.82. The van der Waals surface area contributed by atoms with Crippen LogP contribution in [0.3, 0.4) is 0 Å². The molecule has 0 aliphatic carbocycles. The Kier molecular flexibility index (Phi) is 11.0. The van der Waals surface area contributed by atoms with Crippen LogP contribution >= 0.6 is 0 Å². The molecule has 38 heavy (non-hydrogen) atoms. The zero-order chi connectivity index (χ0) is 27.2. The van der Waals surface area contributed by atoms with E-state index in [-0.39, 0.29) is 25.6 Å². The Labute approximate surface area is 221 Å². The van der Waals surface area contributed by atoms with E-state index in [0.29, 0.717) is 13.1 Å². The summed E-state index contributed by atoms with van der Waals surface area (Å²) in [5.41, 5.74) is 7.80. The molecule has 12 nitrogen and oxygen atoms in total. The molecular formula is C26H35N7O5. The molecule has 6 N–H and O–H groups in total. The fraction of sp³-hybridized carbons (Fsp3) is 0.385. The maximum atomic E-state index is 12.1. The highest BCUT2D eigenvalue weighted by Gasteiger charge is 2.21. The minimum absolute atomic E-state index is 0.0638. The van der Waals surface area contributed by atoms with Gasteiger partial charge in [-0.25, -0.2) is 9.59 Å². The van der Waals surface area contributed by atoms with Crippen LogP contribution in [0.15, 0.2) is 59.6 Å². The maximum absolute atomic E-state index is 12.1. The number of carboxylic acids is 1. The van der Waals surface area contributed by atoms with E-state index < -0.39 is 12.1 Å². The van der Waals surface area contributed by atoms with Gasteiger partial charge in [-0.2, -0.15) is 0 Å². The molecule has 0 aromatic heterocycles. The summed E-state index contributed by atoms with van der Waals surface area (Å²) in [7, 11) is 0. The highest BCUT2D eigenvalue weighted by atomic mass is 16.5. The SMILES string of the molecule is NC(=O)OCc1ccccc1.O=C(O)CCNC(=O)N1CCN(c2cccc(NC3=NCCCN3)c2)CC1. The van der Waals surface area contributed by atoms with Gasteiger partial charge >= 0.3 is 18.1 Å². The van der Waals surface area contributed by atoms with Gasteiger partial charge in [-0.3, -0.25) is 9.79 Å². The van der Waals surface area contributed by atoms with Gasteiger partial charge in [-0.05, 0) is 30.2 Å². The number of nitrogens with two attached hydrogens (primary N) is 1. The number of aliphatic imine (C=N–C) groups is 1. The summed E-state index contributed by atoms with van der Waals surface area (Å²) < 4.78 is 4.57. The number of nitrogens with zero attached hydrogens (tertiary/aromatic N) is 3. The summed E-state index contributed by atoms with van der Waals surface area (Å²) in [5.74, 6) is -0.107. The van der Waals surface area contributed by atoms with Gasteiger partial charge in [0.1, 0.15) is 6.61 Å². The molecule has 0 spiro atoms. The van der Waals surface area contributed by atoms with Crippen molar-refractivity contribution in [1.82, 2.24) is 15.5 Å². The lowest BCUT2D eigenvalue weighted by atomic mass is 10.2. The monoisotopic (exact) mass is 525 g/mol. The van der Waals surface area contributed by atoms with Crippen LogP contribution < -0.4 is 26.6 Å². The molecule has 0 bridgehead atoms. The number of hydrogen-bond donors (Lipinski definition) is 5. The van der Waals surface area contributed by atoms with Gasteiger partial charge in [-0.1, -0.05) is 36.4 Å². The van der Waals surface area contributed by atoms with E-state index in [1.165, 1.54) is 0 Å². The minimum atomic E-state index is -0.914. The fourth-order valence-corrected chi connectivity index (χ4v) is 3.82. The summed E-state index contributed by atoms with van der Waals surface area (Å²) in [6.45, 7) is 4.84. The van der Waals surface area contributed by atoms with Gasteiger partial charge < -0.3 is 41.3 Å². The molecule has 2 aliphatic rings. The topological polar surface area (TPSA) is 162 Å².